The Morgan fingerprint density at radius 3 is 2.33 bits per heavy atom. The van der Waals surface area contributed by atoms with Crippen LogP contribution < -0.4 is 15.8 Å². The van der Waals surface area contributed by atoms with Crippen LogP contribution in [0.25, 0.3) is 0 Å². The average molecular weight is 365 g/mol. The minimum Gasteiger partial charge on any atom is -0.312 e. The molecular weight excluding hydrogens is 342 g/mol. The molecule has 6 nitrogen and oxygen atoms in total. The zero-order valence-electron chi connectivity index (χ0n) is 15.5. The van der Waals surface area contributed by atoms with Crippen molar-refractivity contribution in [2.45, 2.75) is 26.7 Å². The number of hydrazine groups is 1. The number of carbonyl (C=O) groups excluding carboxylic acids is 3. The Kier molecular flexibility index (Phi) is 5.54. The third-order valence-electron chi connectivity index (χ3n) is 4.77. The van der Waals surface area contributed by atoms with Gasteiger partial charge < -0.3 is 4.90 Å². The molecule has 0 aromatic heterocycles. The lowest BCUT2D eigenvalue weighted by Crippen LogP contribution is -2.45. The van der Waals surface area contributed by atoms with Gasteiger partial charge in [0, 0.05) is 24.2 Å². The Bertz CT molecular complexity index is 844. The highest BCUT2D eigenvalue weighted by Gasteiger charge is 2.35. The number of hydrogen-bond donors (Lipinski definition) is 2. The quantitative estimate of drug-likeness (QED) is 0.817. The molecule has 140 valence electrons. The lowest BCUT2D eigenvalue weighted by Gasteiger charge is -2.17. The van der Waals surface area contributed by atoms with Crippen molar-refractivity contribution < 1.29 is 14.4 Å². The summed E-state index contributed by atoms with van der Waals surface area (Å²) in [5.74, 6) is -1.35. The second-order valence-corrected chi connectivity index (χ2v) is 6.73. The summed E-state index contributed by atoms with van der Waals surface area (Å²) in [6.07, 6.45) is 1.06. The molecule has 27 heavy (non-hydrogen) atoms. The van der Waals surface area contributed by atoms with Gasteiger partial charge in [0.2, 0.25) is 11.8 Å². The summed E-state index contributed by atoms with van der Waals surface area (Å²) in [4.78, 5) is 38.3. The highest BCUT2D eigenvalue weighted by Crippen LogP contribution is 2.25. The highest BCUT2D eigenvalue weighted by atomic mass is 16.2. The molecule has 3 rings (SSSR count). The van der Waals surface area contributed by atoms with Crippen molar-refractivity contribution in [2.75, 3.05) is 11.4 Å². The van der Waals surface area contributed by atoms with Crippen LogP contribution in [0.1, 0.15) is 34.8 Å². The standard InChI is InChI=1S/C21H23N3O3/c1-3-15-6-10-18(11-7-15)24-13-17(12-19(24)25)21(27)23-22-20(26)16-8-4-14(2)5-9-16/h4-11,17H,3,12-13H2,1-2H3,(H,22,26)(H,23,27)/t17-/m0/s1. The zero-order valence-corrected chi connectivity index (χ0v) is 15.5. The Morgan fingerprint density at radius 2 is 1.70 bits per heavy atom. The van der Waals surface area contributed by atoms with Gasteiger partial charge in [-0.15, -0.1) is 0 Å². The number of nitrogens with zero attached hydrogens (tertiary/aromatic N) is 1. The van der Waals surface area contributed by atoms with Gasteiger partial charge in [0.05, 0.1) is 5.92 Å². The number of hydrogen-bond acceptors (Lipinski definition) is 3. The summed E-state index contributed by atoms with van der Waals surface area (Å²) < 4.78 is 0. The van der Waals surface area contributed by atoms with Crippen LogP contribution in [-0.2, 0) is 16.0 Å². The van der Waals surface area contributed by atoms with Crippen molar-refractivity contribution in [1.82, 2.24) is 10.9 Å². The van der Waals surface area contributed by atoms with Gasteiger partial charge in [-0.1, -0.05) is 36.8 Å². The molecule has 1 saturated heterocycles. The van der Waals surface area contributed by atoms with E-state index in [1.165, 1.54) is 5.56 Å². The number of amides is 3. The Labute approximate surface area is 158 Å². The van der Waals surface area contributed by atoms with E-state index in [-0.39, 0.29) is 24.1 Å². The minimum atomic E-state index is -0.498. The summed E-state index contributed by atoms with van der Waals surface area (Å²) in [5.41, 5.74) is 8.33. The summed E-state index contributed by atoms with van der Waals surface area (Å²) in [5, 5.41) is 0. The summed E-state index contributed by atoms with van der Waals surface area (Å²) in [6.45, 7) is 4.31. The van der Waals surface area contributed by atoms with Crippen molar-refractivity contribution in [3.8, 4) is 0 Å². The van der Waals surface area contributed by atoms with Crippen LogP contribution in [0.2, 0.25) is 0 Å². The van der Waals surface area contributed by atoms with Gasteiger partial charge in [-0.25, -0.2) is 0 Å². The van der Waals surface area contributed by atoms with E-state index in [9.17, 15) is 14.4 Å². The molecule has 0 radical (unpaired) electrons. The zero-order chi connectivity index (χ0) is 19.4. The van der Waals surface area contributed by atoms with Gasteiger partial charge in [-0.2, -0.15) is 0 Å². The third-order valence-corrected chi connectivity index (χ3v) is 4.77. The van der Waals surface area contributed by atoms with Gasteiger partial charge >= 0.3 is 0 Å². The first-order chi connectivity index (χ1) is 13.0. The topological polar surface area (TPSA) is 78.5 Å². The van der Waals surface area contributed by atoms with Gasteiger partial charge in [0.25, 0.3) is 5.91 Å². The van der Waals surface area contributed by atoms with E-state index in [0.29, 0.717) is 12.1 Å². The van der Waals surface area contributed by atoms with Crippen LogP contribution in [0.15, 0.2) is 48.5 Å². The van der Waals surface area contributed by atoms with Crippen LogP contribution in [-0.4, -0.2) is 24.3 Å². The molecule has 1 aliphatic heterocycles. The van der Waals surface area contributed by atoms with Gasteiger partial charge in [-0.05, 0) is 43.2 Å². The maximum absolute atomic E-state index is 12.4. The van der Waals surface area contributed by atoms with Crippen molar-refractivity contribution in [2.24, 2.45) is 5.92 Å². The predicted molar refractivity (Wildman–Crippen MR) is 103 cm³/mol. The number of carbonyl (C=O) groups is 3. The SMILES string of the molecule is CCc1ccc(N2C[C@@H](C(=O)NNC(=O)c3ccc(C)cc3)CC2=O)cc1. The van der Waals surface area contributed by atoms with Crippen LogP contribution in [0.4, 0.5) is 5.69 Å². The molecule has 6 heteroatoms. The second kappa shape index (κ2) is 8.03. The van der Waals surface area contributed by atoms with E-state index in [2.05, 4.69) is 17.8 Å². The molecule has 0 spiro atoms. The molecule has 3 amide bonds. The first-order valence-electron chi connectivity index (χ1n) is 9.04. The summed E-state index contributed by atoms with van der Waals surface area (Å²) >= 11 is 0. The van der Waals surface area contributed by atoms with Crippen molar-refractivity contribution in [1.29, 1.82) is 0 Å². The summed E-state index contributed by atoms with van der Waals surface area (Å²) in [6, 6.07) is 14.8. The molecule has 2 aromatic carbocycles. The normalized spacial score (nSPS) is 16.3. The van der Waals surface area contributed by atoms with E-state index in [4.69, 9.17) is 0 Å². The van der Waals surface area contributed by atoms with Crippen LogP contribution in [0, 0.1) is 12.8 Å². The fourth-order valence-electron chi connectivity index (χ4n) is 3.04. The fraction of sp³-hybridized carbons (Fsp3) is 0.286. The molecule has 0 unspecified atom stereocenters. The van der Waals surface area contributed by atoms with Gasteiger partial charge in [-0.3, -0.25) is 25.2 Å². The second-order valence-electron chi connectivity index (χ2n) is 6.73. The Balaban J connectivity index is 1.56. The fourth-order valence-corrected chi connectivity index (χ4v) is 3.04. The summed E-state index contributed by atoms with van der Waals surface area (Å²) in [7, 11) is 0. The minimum absolute atomic E-state index is 0.0933. The largest absolute Gasteiger partial charge is 0.312 e. The molecule has 1 aliphatic rings. The van der Waals surface area contributed by atoms with Crippen LogP contribution in [0.5, 0.6) is 0 Å². The lowest BCUT2D eigenvalue weighted by molar-refractivity contribution is -0.126. The molecule has 2 N–H and O–H groups in total. The van der Waals surface area contributed by atoms with Gasteiger partial charge in [0.15, 0.2) is 0 Å². The number of nitrogens with one attached hydrogen (secondary N) is 2. The maximum Gasteiger partial charge on any atom is 0.269 e. The van der Waals surface area contributed by atoms with E-state index < -0.39 is 5.92 Å². The van der Waals surface area contributed by atoms with Crippen LogP contribution >= 0.6 is 0 Å². The Hall–Kier alpha value is -3.15. The van der Waals surface area contributed by atoms with Gasteiger partial charge in [0.1, 0.15) is 0 Å². The molecule has 0 aliphatic carbocycles. The molecule has 1 atom stereocenters. The molecule has 0 bridgehead atoms. The lowest BCUT2D eigenvalue weighted by atomic mass is 10.1. The number of anilines is 1. The average Bonchev–Trinajstić information content (AvgIpc) is 3.08. The predicted octanol–water partition coefficient (Wildman–Crippen LogP) is 2.37. The first kappa shape index (κ1) is 18.6. The molecule has 0 saturated carbocycles. The first-order valence-corrected chi connectivity index (χ1v) is 9.04. The van der Waals surface area contributed by atoms with Crippen molar-refractivity contribution >= 4 is 23.4 Å². The molecule has 1 fully saturated rings. The molecular formula is C21H23N3O3. The van der Waals surface area contributed by atoms with Crippen LogP contribution in [0.3, 0.4) is 0 Å². The third kappa shape index (κ3) is 4.34. The van der Waals surface area contributed by atoms with E-state index >= 15 is 0 Å². The van der Waals surface area contributed by atoms with Crippen molar-refractivity contribution in [3.63, 3.8) is 0 Å². The Morgan fingerprint density at radius 1 is 1.04 bits per heavy atom. The molecule has 2 aromatic rings. The van der Waals surface area contributed by atoms with E-state index in [0.717, 1.165) is 17.7 Å². The van der Waals surface area contributed by atoms with E-state index in [1.807, 2.05) is 43.3 Å². The smallest absolute Gasteiger partial charge is 0.269 e. The van der Waals surface area contributed by atoms with E-state index in [1.54, 1.807) is 17.0 Å². The number of benzene rings is 2. The highest BCUT2D eigenvalue weighted by molar-refractivity contribution is 6.01. The number of aryl methyl sites for hydroxylation is 2. The monoisotopic (exact) mass is 365 g/mol. The maximum atomic E-state index is 12.4. The molecule has 1 heterocycles. The van der Waals surface area contributed by atoms with Crippen molar-refractivity contribution in [3.05, 3.63) is 65.2 Å². The number of rotatable bonds is 4.